The predicted octanol–water partition coefficient (Wildman–Crippen LogP) is 3.30. The van der Waals surface area contributed by atoms with Gasteiger partial charge in [-0.1, -0.05) is 23.7 Å². The van der Waals surface area contributed by atoms with Crippen LogP contribution >= 0.6 is 11.6 Å². The maximum absolute atomic E-state index is 6.22. The highest BCUT2D eigenvalue weighted by atomic mass is 35.5. The number of aromatic nitrogens is 2. The molecular weight excluding hydrogens is 246 g/mol. The molecule has 2 rings (SSSR count). The van der Waals surface area contributed by atoms with E-state index in [9.17, 15) is 0 Å². The van der Waals surface area contributed by atoms with Crippen LogP contribution in [-0.4, -0.2) is 9.78 Å². The molecule has 4 heteroatoms. The molecule has 1 aromatic carbocycles. The normalized spacial score (nSPS) is 10.9. The van der Waals surface area contributed by atoms with Crippen LogP contribution in [0.1, 0.15) is 23.9 Å². The fraction of sp³-hybridized carbons (Fsp3) is 0.357. The van der Waals surface area contributed by atoms with Gasteiger partial charge in [-0.2, -0.15) is 5.10 Å². The summed E-state index contributed by atoms with van der Waals surface area (Å²) in [5.74, 6) is 0. The predicted molar refractivity (Wildman–Crippen MR) is 75.7 cm³/mol. The van der Waals surface area contributed by atoms with Crippen LogP contribution in [0.15, 0.2) is 18.2 Å². The van der Waals surface area contributed by atoms with Crippen LogP contribution in [0.25, 0.3) is 11.1 Å². The molecule has 0 aliphatic heterocycles. The summed E-state index contributed by atoms with van der Waals surface area (Å²) in [5, 5.41) is 5.25. The lowest BCUT2D eigenvalue weighted by atomic mass is 10.0. The molecule has 1 heterocycles. The Kier molecular flexibility index (Phi) is 3.73. The van der Waals surface area contributed by atoms with Gasteiger partial charge in [0.05, 0.1) is 5.69 Å². The second-order valence-corrected chi connectivity index (χ2v) is 4.78. The van der Waals surface area contributed by atoms with Gasteiger partial charge >= 0.3 is 0 Å². The maximum atomic E-state index is 6.22. The third-order valence-corrected chi connectivity index (χ3v) is 3.59. The van der Waals surface area contributed by atoms with Gasteiger partial charge in [-0.05, 0) is 38.0 Å². The first-order valence-corrected chi connectivity index (χ1v) is 6.49. The van der Waals surface area contributed by atoms with Crippen LogP contribution < -0.4 is 5.73 Å². The number of nitrogens with zero attached hydrogens (tertiary/aromatic N) is 2. The van der Waals surface area contributed by atoms with Crippen LogP contribution in [0.5, 0.6) is 0 Å². The lowest BCUT2D eigenvalue weighted by Gasteiger charge is -2.06. The van der Waals surface area contributed by atoms with E-state index in [-0.39, 0.29) is 0 Å². The van der Waals surface area contributed by atoms with Crippen molar-refractivity contribution in [3.63, 3.8) is 0 Å². The fourth-order valence-corrected chi connectivity index (χ4v) is 2.55. The first-order valence-electron chi connectivity index (χ1n) is 6.11. The first-order chi connectivity index (χ1) is 8.58. The molecule has 2 aromatic rings. The van der Waals surface area contributed by atoms with E-state index in [0.717, 1.165) is 28.4 Å². The van der Waals surface area contributed by atoms with Crippen molar-refractivity contribution in [3.8, 4) is 11.1 Å². The van der Waals surface area contributed by atoms with E-state index in [2.05, 4.69) is 25.0 Å². The van der Waals surface area contributed by atoms with Gasteiger partial charge < -0.3 is 5.73 Å². The van der Waals surface area contributed by atoms with Crippen molar-refractivity contribution in [2.24, 2.45) is 5.73 Å². The summed E-state index contributed by atoms with van der Waals surface area (Å²) in [6, 6.07) is 6.02. The zero-order chi connectivity index (χ0) is 13.3. The molecule has 0 saturated heterocycles. The molecule has 0 atom stereocenters. The summed E-state index contributed by atoms with van der Waals surface area (Å²) in [6.07, 6.45) is 0. The van der Waals surface area contributed by atoms with Crippen LogP contribution in [-0.2, 0) is 13.1 Å². The molecule has 0 bridgehead atoms. The van der Waals surface area contributed by atoms with E-state index in [0.29, 0.717) is 6.54 Å². The summed E-state index contributed by atoms with van der Waals surface area (Å²) in [4.78, 5) is 0. The van der Waals surface area contributed by atoms with Crippen molar-refractivity contribution in [2.45, 2.75) is 33.9 Å². The van der Waals surface area contributed by atoms with Gasteiger partial charge in [-0.25, -0.2) is 0 Å². The largest absolute Gasteiger partial charge is 0.326 e. The molecule has 18 heavy (non-hydrogen) atoms. The minimum absolute atomic E-state index is 0.464. The minimum atomic E-state index is 0.464. The summed E-state index contributed by atoms with van der Waals surface area (Å²) >= 11 is 6.22. The van der Waals surface area contributed by atoms with Gasteiger partial charge in [0, 0.05) is 29.4 Å². The van der Waals surface area contributed by atoms with E-state index >= 15 is 0 Å². The maximum Gasteiger partial charge on any atom is 0.0674 e. The van der Waals surface area contributed by atoms with Gasteiger partial charge in [0.1, 0.15) is 0 Å². The molecule has 0 fully saturated rings. The monoisotopic (exact) mass is 263 g/mol. The van der Waals surface area contributed by atoms with Gasteiger partial charge in [0.25, 0.3) is 0 Å². The minimum Gasteiger partial charge on any atom is -0.326 e. The molecule has 0 aliphatic carbocycles. The zero-order valence-corrected chi connectivity index (χ0v) is 11.8. The topological polar surface area (TPSA) is 43.8 Å². The highest BCUT2D eigenvalue weighted by molar-refractivity contribution is 6.31. The Morgan fingerprint density at radius 2 is 2.06 bits per heavy atom. The van der Waals surface area contributed by atoms with Crippen molar-refractivity contribution in [2.75, 3.05) is 0 Å². The molecule has 0 amide bonds. The Morgan fingerprint density at radius 1 is 1.33 bits per heavy atom. The van der Waals surface area contributed by atoms with E-state index in [1.807, 2.05) is 23.7 Å². The number of hydrogen-bond donors (Lipinski definition) is 1. The van der Waals surface area contributed by atoms with Gasteiger partial charge in [0.15, 0.2) is 0 Å². The standard InChI is InChI=1S/C14H18ClN3/c1-4-18-10(3)14(9(2)17-18)11-5-6-12(8-16)13(15)7-11/h5-7H,4,8,16H2,1-3H3. The Bertz CT molecular complexity index is 573. The molecule has 1 aromatic heterocycles. The van der Waals surface area contributed by atoms with E-state index in [1.165, 1.54) is 11.3 Å². The van der Waals surface area contributed by atoms with Crippen LogP contribution in [0.2, 0.25) is 5.02 Å². The molecule has 0 saturated carbocycles. The number of nitrogens with two attached hydrogens (primary N) is 1. The molecule has 0 aliphatic rings. The average molecular weight is 264 g/mol. The Balaban J connectivity index is 2.55. The van der Waals surface area contributed by atoms with Gasteiger partial charge in [-0.15, -0.1) is 0 Å². The van der Waals surface area contributed by atoms with E-state index in [4.69, 9.17) is 17.3 Å². The SMILES string of the molecule is CCn1nc(C)c(-c2ccc(CN)c(Cl)c2)c1C. The molecule has 96 valence electrons. The van der Waals surface area contributed by atoms with Crippen molar-refractivity contribution < 1.29 is 0 Å². The molecule has 0 radical (unpaired) electrons. The highest BCUT2D eigenvalue weighted by Gasteiger charge is 2.13. The Labute approximate surface area is 113 Å². The highest BCUT2D eigenvalue weighted by Crippen LogP contribution is 2.30. The Morgan fingerprint density at radius 3 is 2.56 bits per heavy atom. The average Bonchev–Trinajstić information content (AvgIpc) is 2.64. The lowest BCUT2D eigenvalue weighted by Crippen LogP contribution is -1.99. The van der Waals surface area contributed by atoms with Crippen LogP contribution in [0.3, 0.4) is 0 Å². The number of hydrogen-bond acceptors (Lipinski definition) is 2. The molecule has 0 unspecified atom stereocenters. The van der Waals surface area contributed by atoms with Gasteiger partial charge in [0.2, 0.25) is 0 Å². The number of aryl methyl sites for hydroxylation is 2. The van der Waals surface area contributed by atoms with Crippen molar-refractivity contribution in [1.29, 1.82) is 0 Å². The summed E-state index contributed by atoms with van der Waals surface area (Å²) in [6.45, 7) is 7.54. The third-order valence-electron chi connectivity index (χ3n) is 3.24. The summed E-state index contributed by atoms with van der Waals surface area (Å²) in [7, 11) is 0. The zero-order valence-electron chi connectivity index (χ0n) is 11.0. The summed E-state index contributed by atoms with van der Waals surface area (Å²) < 4.78 is 2.01. The van der Waals surface area contributed by atoms with Crippen LogP contribution in [0, 0.1) is 13.8 Å². The van der Waals surface area contributed by atoms with Crippen LogP contribution in [0.4, 0.5) is 0 Å². The second-order valence-electron chi connectivity index (χ2n) is 4.37. The van der Waals surface area contributed by atoms with E-state index < -0.39 is 0 Å². The molecule has 0 spiro atoms. The van der Waals surface area contributed by atoms with Gasteiger partial charge in [-0.3, -0.25) is 4.68 Å². The first kappa shape index (κ1) is 13.1. The smallest absolute Gasteiger partial charge is 0.0674 e. The quantitative estimate of drug-likeness (QED) is 0.923. The van der Waals surface area contributed by atoms with Crippen molar-refractivity contribution in [1.82, 2.24) is 9.78 Å². The number of benzene rings is 1. The molecular formula is C14H18ClN3. The lowest BCUT2D eigenvalue weighted by molar-refractivity contribution is 0.634. The number of halogens is 1. The summed E-state index contributed by atoms with van der Waals surface area (Å²) in [5.41, 5.74) is 11.1. The van der Waals surface area contributed by atoms with Crippen molar-refractivity contribution >= 4 is 11.6 Å². The van der Waals surface area contributed by atoms with E-state index in [1.54, 1.807) is 0 Å². The third kappa shape index (κ3) is 2.16. The number of rotatable bonds is 3. The fourth-order valence-electron chi connectivity index (χ4n) is 2.29. The molecule has 3 nitrogen and oxygen atoms in total. The second kappa shape index (κ2) is 5.12. The molecule has 2 N–H and O–H groups in total. The Hall–Kier alpha value is -1.32. The van der Waals surface area contributed by atoms with Crippen molar-refractivity contribution in [3.05, 3.63) is 40.2 Å².